The van der Waals surface area contributed by atoms with E-state index in [2.05, 4.69) is 5.10 Å². The zero-order chi connectivity index (χ0) is 17.1. The molecule has 0 unspecified atom stereocenters. The number of nitrogens with zero attached hydrogens (tertiary/aromatic N) is 2. The third-order valence-corrected chi connectivity index (χ3v) is 4.04. The molecule has 1 aliphatic carbocycles. The first-order valence-corrected chi connectivity index (χ1v) is 6.81. The Morgan fingerprint density at radius 2 is 1.73 bits per heavy atom. The molecular weight excluding hydrogens is 311 g/mol. The van der Waals surface area contributed by atoms with Crippen molar-refractivity contribution in [3.63, 3.8) is 0 Å². The first kappa shape index (κ1) is 17.1. The van der Waals surface area contributed by atoms with E-state index in [0.717, 1.165) is 0 Å². The van der Waals surface area contributed by atoms with Crippen LogP contribution in [-0.4, -0.2) is 39.6 Å². The van der Waals surface area contributed by atoms with Crippen LogP contribution in [0.1, 0.15) is 40.0 Å². The Hall–Kier alpha value is -1.25. The molecule has 4 nitrogen and oxygen atoms in total. The molecule has 2 aliphatic rings. The zero-order valence-corrected chi connectivity index (χ0v) is 12.3. The van der Waals surface area contributed by atoms with Crippen LogP contribution < -0.4 is 0 Å². The Morgan fingerprint density at radius 3 is 2.09 bits per heavy atom. The molecule has 0 radical (unpaired) electrons. The van der Waals surface area contributed by atoms with E-state index >= 15 is 0 Å². The van der Waals surface area contributed by atoms with Gasteiger partial charge in [0.2, 0.25) is 5.91 Å². The lowest BCUT2D eigenvalue weighted by atomic mass is 9.79. The number of hydrazone groups is 1. The first-order chi connectivity index (χ1) is 9.72. The molecule has 1 aliphatic heterocycles. The Balaban J connectivity index is 2.44. The maximum Gasteiger partial charge on any atom is 0.459 e. The lowest BCUT2D eigenvalue weighted by molar-refractivity contribution is -0.250. The Labute approximate surface area is 124 Å². The zero-order valence-electron chi connectivity index (χ0n) is 12.3. The number of carbonyl (C=O) groups is 1. The van der Waals surface area contributed by atoms with Gasteiger partial charge in [-0.3, -0.25) is 4.79 Å². The highest BCUT2D eigenvalue weighted by atomic mass is 19.4. The number of hydrogen-bond acceptors (Lipinski definition) is 3. The highest BCUT2D eigenvalue weighted by molar-refractivity contribution is 5.96. The predicted molar refractivity (Wildman–Crippen MR) is 67.0 cm³/mol. The molecule has 9 heteroatoms. The smallest absolute Gasteiger partial charge is 0.368 e. The summed E-state index contributed by atoms with van der Waals surface area (Å²) < 4.78 is 64.6. The van der Waals surface area contributed by atoms with E-state index in [0.29, 0.717) is 17.9 Å². The van der Waals surface area contributed by atoms with E-state index in [1.165, 1.54) is 20.8 Å². The number of amides is 1. The molecule has 0 bridgehead atoms. The second-order valence-corrected chi connectivity index (χ2v) is 6.79. The average Bonchev–Trinajstić information content (AvgIpc) is 3.09. The maximum absolute atomic E-state index is 13.5. The summed E-state index contributed by atoms with van der Waals surface area (Å²) in [5, 5.41) is 14.2. The molecule has 22 heavy (non-hydrogen) atoms. The fourth-order valence-corrected chi connectivity index (χ4v) is 2.20. The minimum Gasteiger partial charge on any atom is -0.368 e. The van der Waals surface area contributed by atoms with Crippen molar-refractivity contribution in [3.8, 4) is 0 Å². The quantitative estimate of drug-likeness (QED) is 0.793. The Morgan fingerprint density at radius 1 is 1.23 bits per heavy atom. The van der Waals surface area contributed by atoms with Crippen LogP contribution in [0.3, 0.4) is 0 Å². The van der Waals surface area contributed by atoms with Crippen LogP contribution >= 0.6 is 0 Å². The summed E-state index contributed by atoms with van der Waals surface area (Å²) in [6.45, 7) is 4.35. The summed E-state index contributed by atoms with van der Waals surface area (Å²) in [6, 6.07) is 0. The SMILES string of the molecule is CC(C)(C)[C@]1(O)CC(C(F)(F)C(F)(F)F)=NN1C(=O)C1CC1. The van der Waals surface area contributed by atoms with Gasteiger partial charge in [-0.2, -0.15) is 27.1 Å². The summed E-state index contributed by atoms with van der Waals surface area (Å²) in [6.07, 6.45) is -5.85. The van der Waals surface area contributed by atoms with Crippen molar-refractivity contribution in [1.82, 2.24) is 5.01 Å². The van der Waals surface area contributed by atoms with Gasteiger partial charge in [0.15, 0.2) is 5.72 Å². The first-order valence-electron chi connectivity index (χ1n) is 6.81. The molecule has 0 spiro atoms. The van der Waals surface area contributed by atoms with Crippen LogP contribution in [0.15, 0.2) is 5.10 Å². The van der Waals surface area contributed by atoms with Gasteiger partial charge in [0.25, 0.3) is 0 Å². The van der Waals surface area contributed by atoms with Gasteiger partial charge in [-0.25, -0.2) is 5.01 Å². The van der Waals surface area contributed by atoms with E-state index < -0.39 is 47.2 Å². The Bertz CT molecular complexity index is 520. The topological polar surface area (TPSA) is 52.9 Å². The second-order valence-electron chi connectivity index (χ2n) is 6.79. The van der Waals surface area contributed by atoms with Gasteiger partial charge in [-0.15, -0.1) is 0 Å². The van der Waals surface area contributed by atoms with Crippen molar-refractivity contribution >= 4 is 11.6 Å². The molecule has 0 aromatic carbocycles. The fraction of sp³-hybridized carbons (Fsp3) is 0.846. The summed E-state index contributed by atoms with van der Waals surface area (Å²) in [5.41, 5.74) is -4.90. The third-order valence-electron chi connectivity index (χ3n) is 4.04. The van der Waals surface area contributed by atoms with Crippen molar-refractivity contribution < 1.29 is 31.9 Å². The molecule has 1 amide bonds. The minimum absolute atomic E-state index is 0.430. The van der Waals surface area contributed by atoms with Gasteiger partial charge in [-0.1, -0.05) is 20.8 Å². The lowest BCUT2D eigenvalue weighted by Crippen LogP contribution is -2.56. The van der Waals surface area contributed by atoms with Crippen molar-refractivity contribution in [2.75, 3.05) is 0 Å². The van der Waals surface area contributed by atoms with E-state index in [9.17, 15) is 31.9 Å². The summed E-state index contributed by atoms with van der Waals surface area (Å²) in [4.78, 5) is 12.1. The molecule has 1 fully saturated rings. The molecule has 0 aromatic rings. The van der Waals surface area contributed by atoms with Gasteiger partial charge in [0.05, 0.1) is 0 Å². The molecule has 2 rings (SSSR count). The maximum atomic E-state index is 13.5. The number of hydrogen-bond donors (Lipinski definition) is 1. The van der Waals surface area contributed by atoms with Crippen LogP contribution in [-0.2, 0) is 4.79 Å². The number of carbonyl (C=O) groups excluding carboxylic acids is 1. The largest absolute Gasteiger partial charge is 0.459 e. The molecule has 1 atom stereocenters. The molecular formula is C13H17F5N2O2. The predicted octanol–water partition coefficient (Wildman–Crippen LogP) is 2.92. The number of halogens is 5. The van der Waals surface area contributed by atoms with Crippen LogP contribution in [0, 0.1) is 11.3 Å². The van der Waals surface area contributed by atoms with Crippen LogP contribution in [0.4, 0.5) is 22.0 Å². The standard InChI is InChI=1S/C13H17F5N2O2/c1-10(2,3)11(22)6-8(12(14,15)13(16,17)18)19-20(11)9(21)7-4-5-7/h7,22H,4-6H2,1-3H3/t11-/m1/s1. The van der Waals surface area contributed by atoms with Crippen LogP contribution in [0.2, 0.25) is 0 Å². The fourth-order valence-electron chi connectivity index (χ4n) is 2.20. The van der Waals surface area contributed by atoms with E-state index in [-0.39, 0.29) is 0 Å². The monoisotopic (exact) mass is 328 g/mol. The van der Waals surface area contributed by atoms with Gasteiger partial charge >= 0.3 is 12.1 Å². The lowest BCUT2D eigenvalue weighted by Gasteiger charge is -2.41. The molecule has 1 saturated carbocycles. The molecule has 0 aromatic heterocycles. The van der Waals surface area contributed by atoms with E-state index in [1.807, 2.05) is 0 Å². The van der Waals surface area contributed by atoms with Gasteiger partial charge in [-0.05, 0) is 12.8 Å². The normalized spacial score (nSPS) is 27.1. The van der Waals surface area contributed by atoms with Crippen molar-refractivity contribution in [1.29, 1.82) is 0 Å². The van der Waals surface area contributed by atoms with Crippen molar-refractivity contribution in [2.24, 2.45) is 16.4 Å². The van der Waals surface area contributed by atoms with E-state index in [1.54, 1.807) is 0 Å². The van der Waals surface area contributed by atoms with Gasteiger partial charge in [0.1, 0.15) is 5.71 Å². The summed E-state index contributed by atoms with van der Waals surface area (Å²) in [7, 11) is 0. The third kappa shape index (κ3) is 2.49. The molecule has 0 saturated heterocycles. The minimum atomic E-state index is -5.83. The molecule has 1 heterocycles. The summed E-state index contributed by atoms with van der Waals surface area (Å²) in [5.74, 6) is -6.38. The number of alkyl halides is 5. The van der Waals surface area contributed by atoms with E-state index in [4.69, 9.17) is 0 Å². The summed E-state index contributed by atoms with van der Waals surface area (Å²) >= 11 is 0. The molecule has 1 N–H and O–H groups in total. The van der Waals surface area contributed by atoms with Crippen LogP contribution in [0.5, 0.6) is 0 Å². The number of aliphatic hydroxyl groups is 1. The van der Waals surface area contributed by atoms with Crippen molar-refractivity contribution in [2.45, 2.75) is 57.9 Å². The number of rotatable bonds is 2. The van der Waals surface area contributed by atoms with Crippen LogP contribution in [0.25, 0.3) is 0 Å². The Kier molecular flexibility index (Phi) is 3.60. The highest BCUT2D eigenvalue weighted by Gasteiger charge is 2.66. The molecule has 126 valence electrons. The average molecular weight is 328 g/mol. The highest BCUT2D eigenvalue weighted by Crippen LogP contribution is 2.48. The van der Waals surface area contributed by atoms with Gasteiger partial charge in [0, 0.05) is 17.8 Å². The second kappa shape index (κ2) is 4.62. The van der Waals surface area contributed by atoms with Crippen molar-refractivity contribution in [3.05, 3.63) is 0 Å². The van der Waals surface area contributed by atoms with Gasteiger partial charge < -0.3 is 5.11 Å².